The Hall–Kier alpha value is -1.63. The van der Waals surface area contributed by atoms with Gasteiger partial charge in [0, 0.05) is 42.0 Å². The summed E-state index contributed by atoms with van der Waals surface area (Å²) in [5.41, 5.74) is -0.105. The molecule has 1 aromatic carbocycles. The van der Waals surface area contributed by atoms with Gasteiger partial charge in [-0.3, -0.25) is 9.69 Å². The van der Waals surface area contributed by atoms with Crippen LogP contribution in [0.1, 0.15) is 98.1 Å². The van der Waals surface area contributed by atoms with Crippen LogP contribution in [0.5, 0.6) is 11.5 Å². The first-order chi connectivity index (χ1) is 18.6. The summed E-state index contributed by atoms with van der Waals surface area (Å²) < 4.78 is 19.9. The molecule has 1 aromatic rings. The maximum atomic E-state index is 13.1. The second-order valence-electron chi connectivity index (χ2n) is 16.4. The average molecular weight is 552 g/mol. The molecule has 7 atom stereocenters. The van der Waals surface area contributed by atoms with Crippen LogP contribution in [-0.4, -0.2) is 59.5 Å². The van der Waals surface area contributed by atoms with Gasteiger partial charge in [-0.15, -0.1) is 0 Å². The summed E-state index contributed by atoms with van der Waals surface area (Å²) in [5.74, 6) is 1.81. The Kier molecular flexibility index (Phi) is 5.48. The molecule has 5 aliphatic carbocycles. The highest BCUT2D eigenvalue weighted by molar-refractivity contribution is 5.79. The van der Waals surface area contributed by atoms with Gasteiger partial charge >= 0.3 is 5.97 Å². The summed E-state index contributed by atoms with van der Waals surface area (Å²) in [6.45, 7) is 16.4. The first kappa shape index (κ1) is 27.2. The van der Waals surface area contributed by atoms with Crippen molar-refractivity contribution in [1.29, 1.82) is 0 Å². The maximum Gasteiger partial charge on any atom is 0.316 e. The van der Waals surface area contributed by atoms with E-state index in [0.29, 0.717) is 11.8 Å². The molecule has 6 heteroatoms. The first-order valence-corrected chi connectivity index (χ1v) is 15.7. The number of hydrogen-bond donors (Lipinski definition) is 1. The monoisotopic (exact) mass is 551 g/mol. The average Bonchev–Trinajstić information content (AvgIpc) is 3.62. The minimum Gasteiger partial charge on any atom is -0.482 e. The lowest BCUT2D eigenvalue weighted by atomic mass is 9.33. The Labute approximate surface area is 240 Å². The fraction of sp³-hybridized carbons (Fsp3) is 0.794. The number of likely N-dealkylation sites (tertiary alicyclic amines) is 1. The summed E-state index contributed by atoms with van der Waals surface area (Å²) in [6, 6.07) is 4.60. The third-order valence-corrected chi connectivity index (χ3v) is 12.7. The summed E-state index contributed by atoms with van der Waals surface area (Å²) in [7, 11) is 1.83. The number of carbonyl (C=O) groups is 1. The van der Waals surface area contributed by atoms with Crippen LogP contribution >= 0.6 is 0 Å². The SMILES string of the molecule is CO[C@]12CC[C@@]3(C[C@@H]1[C@](C)(O)C(C)(C)C)[C@H]1Cc4ccc(OC(=O)C(C)(C)C)c5c4[C@@]3(CCN1CC1CC1)[C@H]2O5. The Balaban J connectivity index is 1.44. The molecular weight excluding hydrogens is 502 g/mol. The van der Waals surface area contributed by atoms with Crippen LogP contribution in [0.2, 0.25) is 0 Å². The van der Waals surface area contributed by atoms with Crippen LogP contribution in [0.4, 0.5) is 0 Å². The highest BCUT2D eigenvalue weighted by atomic mass is 16.6. The molecule has 0 aromatic heterocycles. The largest absolute Gasteiger partial charge is 0.482 e. The summed E-state index contributed by atoms with van der Waals surface area (Å²) in [5, 5.41) is 12.4. The van der Waals surface area contributed by atoms with Crippen molar-refractivity contribution in [3.63, 3.8) is 0 Å². The molecule has 7 aliphatic rings. The smallest absolute Gasteiger partial charge is 0.316 e. The molecule has 1 N–H and O–H groups in total. The van der Waals surface area contributed by atoms with Crippen LogP contribution in [0.15, 0.2) is 12.1 Å². The topological polar surface area (TPSA) is 68.2 Å². The van der Waals surface area contributed by atoms with Crippen molar-refractivity contribution < 1.29 is 24.1 Å². The van der Waals surface area contributed by atoms with Gasteiger partial charge in [-0.25, -0.2) is 0 Å². The lowest BCUT2D eigenvalue weighted by molar-refractivity contribution is -0.312. The molecular formula is C34H49NO5. The standard InChI is InChI=1S/C34H49NO5/c1-29(2,3)28(36)39-22-12-11-21-17-24-32-13-14-34(38-8,23(18-32)31(7,37)30(4,5)6)27-33(32,25(21)26(22)40-27)15-16-35(24)19-20-9-10-20/h11-12,20,23-24,27,37H,9-10,13-19H2,1-8H3/t23-,24-,27-,31+,32-,33+,34-/m1/s1. The van der Waals surface area contributed by atoms with Gasteiger partial charge < -0.3 is 19.3 Å². The number of fused-ring (bicyclic) bond motifs is 2. The molecule has 6 nitrogen and oxygen atoms in total. The number of rotatable bonds is 5. The molecule has 4 saturated carbocycles. The first-order valence-electron chi connectivity index (χ1n) is 15.7. The van der Waals surface area contributed by atoms with Gasteiger partial charge in [-0.1, -0.05) is 26.8 Å². The molecule has 0 radical (unpaired) electrons. The van der Waals surface area contributed by atoms with E-state index in [0.717, 1.165) is 50.3 Å². The van der Waals surface area contributed by atoms with Crippen LogP contribution < -0.4 is 9.47 Å². The lowest BCUT2D eigenvalue weighted by Crippen LogP contribution is -2.83. The van der Waals surface area contributed by atoms with E-state index in [1.54, 1.807) is 0 Å². The third-order valence-electron chi connectivity index (χ3n) is 12.7. The summed E-state index contributed by atoms with van der Waals surface area (Å²) in [6.07, 6.45) is 7.38. The fourth-order valence-electron chi connectivity index (χ4n) is 9.90. The molecule has 0 unspecified atom stereocenters. The number of methoxy groups -OCH3 is 1. The molecule has 2 heterocycles. The van der Waals surface area contributed by atoms with Crippen LogP contribution in [0.25, 0.3) is 0 Å². The molecule has 0 amide bonds. The van der Waals surface area contributed by atoms with Gasteiger partial charge in [0.1, 0.15) is 11.7 Å². The predicted molar refractivity (Wildman–Crippen MR) is 154 cm³/mol. The minimum atomic E-state index is -0.951. The van der Waals surface area contributed by atoms with Gasteiger partial charge in [-0.05, 0) is 102 Å². The second-order valence-corrected chi connectivity index (χ2v) is 16.4. The van der Waals surface area contributed by atoms with Gasteiger partial charge in [0.05, 0.1) is 11.0 Å². The van der Waals surface area contributed by atoms with Crippen molar-refractivity contribution in [2.24, 2.45) is 28.1 Å². The van der Waals surface area contributed by atoms with E-state index in [1.165, 1.54) is 30.5 Å². The van der Waals surface area contributed by atoms with Gasteiger partial charge in [0.2, 0.25) is 0 Å². The van der Waals surface area contributed by atoms with Crippen molar-refractivity contribution in [3.05, 3.63) is 23.3 Å². The number of hydrogen-bond acceptors (Lipinski definition) is 6. The maximum absolute atomic E-state index is 13.1. The Morgan fingerprint density at radius 1 is 1.10 bits per heavy atom. The zero-order chi connectivity index (χ0) is 28.7. The number of carbonyl (C=O) groups excluding carboxylic acids is 1. The number of nitrogens with zero attached hydrogens (tertiary/aromatic N) is 1. The van der Waals surface area contributed by atoms with Gasteiger partial charge in [0.15, 0.2) is 11.5 Å². The molecule has 220 valence electrons. The molecule has 1 saturated heterocycles. The predicted octanol–water partition coefficient (Wildman–Crippen LogP) is 5.66. The summed E-state index contributed by atoms with van der Waals surface area (Å²) in [4.78, 5) is 15.9. The van der Waals surface area contributed by atoms with Crippen molar-refractivity contribution in [2.45, 2.75) is 122 Å². The van der Waals surface area contributed by atoms with Gasteiger partial charge in [0.25, 0.3) is 0 Å². The van der Waals surface area contributed by atoms with E-state index in [-0.39, 0.29) is 34.2 Å². The second kappa shape index (κ2) is 8.05. The number of ether oxygens (including phenoxy) is 3. The van der Waals surface area contributed by atoms with Crippen molar-refractivity contribution in [1.82, 2.24) is 4.90 Å². The van der Waals surface area contributed by atoms with E-state index in [2.05, 4.69) is 31.7 Å². The fourth-order valence-corrected chi connectivity index (χ4v) is 9.90. The van der Waals surface area contributed by atoms with Crippen molar-refractivity contribution in [3.8, 4) is 11.5 Å². The molecule has 5 fully saturated rings. The minimum absolute atomic E-state index is 0.0180. The van der Waals surface area contributed by atoms with E-state index < -0.39 is 16.6 Å². The van der Waals surface area contributed by atoms with Crippen molar-refractivity contribution >= 4 is 5.97 Å². The number of aliphatic hydroxyl groups is 1. The molecule has 2 aliphatic heterocycles. The number of piperidine rings is 1. The molecule has 4 bridgehead atoms. The van der Waals surface area contributed by atoms with Crippen molar-refractivity contribution in [2.75, 3.05) is 20.2 Å². The van der Waals surface area contributed by atoms with E-state index in [1.807, 2.05) is 40.9 Å². The third kappa shape index (κ3) is 3.19. The Bertz CT molecular complexity index is 1250. The molecule has 40 heavy (non-hydrogen) atoms. The highest BCUT2D eigenvalue weighted by Gasteiger charge is 2.82. The quantitative estimate of drug-likeness (QED) is 0.376. The molecule has 8 rings (SSSR count). The number of benzene rings is 1. The number of esters is 1. The summed E-state index contributed by atoms with van der Waals surface area (Å²) >= 11 is 0. The lowest BCUT2D eigenvalue weighted by Gasteiger charge is -2.75. The Morgan fingerprint density at radius 3 is 2.45 bits per heavy atom. The van der Waals surface area contributed by atoms with Crippen LogP contribution in [0.3, 0.4) is 0 Å². The zero-order valence-corrected chi connectivity index (χ0v) is 25.9. The van der Waals surface area contributed by atoms with E-state index in [9.17, 15) is 9.90 Å². The normalized spacial score (nSPS) is 39.4. The van der Waals surface area contributed by atoms with Crippen LogP contribution in [-0.2, 0) is 21.4 Å². The van der Waals surface area contributed by atoms with E-state index in [4.69, 9.17) is 14.2 Å². The zero-order valence-electron chi connectivity index (χ0n) is 25.9. The van der Waals surface area contributed by atoms with E-state index >= 15 is 0 Å². The molecule has 2 spiro atoms. The highest BCUT2D eigenvalue weighted by Crippen LogP contribution is 2.78. The van der Waals surface area contributed by atoms with Gasteiger partial charge in [-0.2, -0.15) is 0 Å². The van der Waals surface area contributed by atoms with Crippen LogP contribution in [0, 0.1) is 28.1 Å². The Morgan fingerprint density at radius 2 is 1.82 bits per heavy atom.